The summed E-state index contributed by atoms with van der Waals surface area (Å²) in [5.74, 6) is -1.86. The molecular formula is C55H82O23S2. The van der Waals surface area contributed by atoms with Gasteiger partial charge in [0.2, 0.25) is 0 Å². The van der Waals surface area contributed by atoms with Crippen LogP contribution >= 0.6 is 0 Å². The summed E-state index contributed by atoms with van der Waals surface area (Å²) in [5.41, 5.74) is -4.96. The number of ether oxygens (including phenoxy) is 11. The Balaban J connectivity index is 0.747. The molecule has 0 radical (unpaired) electrons. The van der Waals surface area contributed by atoms with E-state index in [1.54, 1.807) is 6.92 Å². The van der Waals surface area contributed by atoms with Gasteiger partial charge in [-0.25, -0.2) is 8.37 Å². The van der Waals surface area contributed by atoms with Crippen LogP contribution in [0.15, 0.2) is 37.0 Å². The van der Waals surface area contributed by atoms with Crippen molar-refractivity contribution in [2.75, 3.05) is 6.61 Å². The first kappa shape index (κ1) is 59.6. The molecule has 11 heterocycles. The molecule has 452 valence electrons. The number of fused-ring (bicyclic) bond motifs is 10. The Kier molecular flexibility index (Phi) is 16.2. The van der Waals surface area contributed by atoms with Gasteiger partial charge in [-0.2, -0.15) is 16.8 Å². The van der Waals surface area contributed by atoms with E-state index < -0.39 is 147 Å². The van der Waals surface area contributed by atoms with Crippen molar-refractivity contribution in [3.63, 3.8) is 0 Å². The third-order valence-corrected chi connectivity index (χ3v) is 20.9. The number of rotatable bonds is 12. The molecule has 11 aliphatic rings. The molecule has 25 heteroatoms. The summed E-state index contributed by atoms with van der Waals surface area (Å²) in [5, 5.41) is 33.7. The zero-order valence-electron chi connectivity index (χ0n) is 46.4. The highest BCUT2D eigenvalue weighted by atomic mass is 32.3. The minimum Gasteiger partial charge on any atom is -0.481 e. The van der Waals surface area contributed by atoms with Gasteiger partial charge in [-0.1, -0.05) is 31.7 Å². The highest BCUT2D eigenvalue weighted by molar-refractivity contribution is 7.81. The molecule has 11 saturated heterocycles. The van der Waals surface area contributed by atoms with Crippen molar-refractivity contribution in [3.05, 3.63) is 37.0 Å². The second-order valence-electron chi connectivity index (χ2n) is 25.9. The second kappa shape index (κ2) is 21.7. The predicted octanol–water partition coefficient (Wildman–Crippen LogP) is 4.20. The third-order valence-electron chi connectivity index (χ3n) is 20.0. The van der Waals surface area contributed by atoms with Crippen molar-refractivity contribution < 1.29 is 107 Å². The first-order valence-corrected chi connectivity index (χ1v) is 31.4. The first-order chi connectivity index (χ1) is 37.4. The average Bonchev–Trinajstić information content (AvgIpc) is 3.67. The van der Waals surface area contributed by atoms with Crippen LogP contribution in [0.2, 0.25) is 0 Å². The van der Waals surface area contributed by atoms with Gasteiger partial charge in [-0.3, -0.25) is 13.9 Å². The molecule has 23 nitrogen and oxygen atoms in total. The largest absolute Gasteiger partial charge is 0.481 e. The zero-order valence-corrected chi connectivity index (χ0v) is 48.0. The van der Waals surface area contributed by atoms with Crippen LogP contribution in [0, 0.1) is 11.8 Å². The lowest BCUT2D eigenvalue weighted by Crippen LogP contribution is -2.74. The van der Waals surface area contributed by atoms with Gasteiger partial charge in [-0.05, 0) is 84.6 Å². The number of carboxylic acids is 1. The molecule has 80 heavy (non-hydrogen) atoms. The van der Waals surface area contributed by atoms with Crippen LogP contribution in [0.5, 0.6) is 0 Å². The summed E-state index contributed by atoms with van der Waals surface area (Å²) in [6.45, 7) is 18.7. The Hall–Kier alpha value is -2.09. The molecule has 11 aliphatic heterocycles. The normalized spacial score (nSPS) is 50.4. The highest BCUT2D eigenvalue weighted by Crippen LogP contribution is 2.54. The molecule has 0 spiro atoms. The van der Waals surface area contributed by atoms with Gasteiger partial charge < -0.3 is 67.4 Å². The van der Waals surface area contributed by atoms with E-state index in [0.717, 1.165) is 6.42 Å². The fourth-order valence-corrected chi connectivity index (χ4v) is 16.4. The minimum atomic E-state index is -4.96. The zero-order chi connectivity index (χ0) is 57.3. The number of hydrogen-bond donors (Lipinski definition) is 5. The van der Waals surface area contributed by atoms with Gasteiger partial charge in [0, 0.05) is 51.4 Å². The molecular weight excluding hydrogens is 1090 g/mol. The lowest BCUT2D eigenvalue weighted by atomic mass is 9.73. The number of hydrogen-bond acceptors (Lipinski definition) is 20. The lowest BCUT2D eigenvalue weighted by Gasteiger charge is -2.61. The molecule has 1 unspecified atom stereocenters. The summed E-state index contributed by atoms with van der Waals surface area (Å²) in [6, 6.07) is 0. The van der Waals surface area contributed by atoms with Gasteiger partial charge >= 0.3 is 26.8 Å². The number of aliphatic hydroxyl groups excluding tert-OH is 1. The van der Waals surface area contributed by atoms with E-state index in [1.807, 2.05) is 6.92 Å². The number of allylic oxidation sites excluding steroid dienone is 1. The van der Waals surface area contributed by atoms with Crippen LogP contribution in [0.1, 0.15) is 131 Å². The molecule has 0 amide bonds. The van der Waals surface area contributed by atoms with Crippen molar-refractivity contribution in [1.82, 2.24) is 0 Å². The molecule has 11 rings (SSSR count). The molecule has 11 fully saturated rings. The molecule has 0 bridgehead atoms. The molecule has 27 atom stereocenters. The van der Waals surface area contributed by atoms with Crippen molar-refractivity contribution >= 4 is 26.8 Å². The van der Waals surface area contributed by atoms with Crippen molar-refractivity contribution in [2.24, 2.45) is 11.8 Å². The van der Waals surface area contributed by atoms with E-state index in [1.165, 1.54) is 25.2 Å². The minimum absolute atomic E-state index is 0.00733. The van der Waals surface area contributed by atoms with E-state index in [4.69, 9.17) is 60.8 Å². The molecule has 0 aliphatic carbocycles. The number of carbonyl (C=O) groups is 1. The van der Waals surface area contributed by atoms with E-state index in [2.05, 4.69) is 38.1 Å². The van der Waals surface area contributed by atoms with Crippen molar-refractivity contribution in [3.8, 4) is 0 Å². The fourth-order valence-electron chi connectivity index (χ4n) is 15.5. The maximum atomic E-state index is 12.3. The second-order valence-corrected chi connectivity index (χ2v) is 28.0. The maximum absolute atomic E-state index is 12.3. The van der Waals surface area contributed by atoms with Crippen LogP contribution in [-0.2, 0) is 86.1 Å². The van der Waals surface area contributed by atoms with E-state index >= 15 is 0 Å². The summed E-state index contributed by atoms with van der Waals surface area (Å²) < 4.78 is 151. The third kappa shape index (κ3) is 11.6. The van der Waals surface area contributed by atoms with E-state index in [9.17, 15) is 41.5 Å². The summed E-state index contributed by atoms with van der Waals surface area (Å²) in [6.07, 6.45) is -0.633. The maximum Gasteiger partial charge on any atom is 0.397 e. The molecule has 0 aromatic carbocycles. The molecule has 0 saturated carbocycles. The van der Waals surface area contributed by atoms with Crippen LogP contribution in [0.25, 0.3) is 0 Å². The molecule has 0 aromatic rings. The number of aliphatic carboxylic acids is 1. The lowest BCUT2D eigenvalue weighted by molar-refractivity contribution is -0.369. The Morgan fingerprint density at radius 2 is 1.27 bits per heavy atom. The van der Waals surface area contributed by atoms with Crippen LogP contribution < -0.4 is 0 Å². The number of carboxylic acid groups (broad SMARTS) is 1. The van der Waals surface area contributed by atoms with Crippen LogP contribution in [-0.4, -0.2) is 204 Å². The fraction of sp³-hybridized carbons (Fsp3) is 0.873. The summed E-state index contributed by atoms with van der Waals surface area (Å²) in [7, 11) is -9.75. The van der Waals surface area contributed by atoms with Crippen LogP contribution in [0.3, 0.4) is 0 Å². The monoisotopic (exact) mass is 1170 g/mol. The Labute approximate surface area is 468 Å². The summed E-state index contributed by atoms with van der Waals surface area (Å²) >= 11 is 0. The summed E-state index contributed by atoms with van der Waals surface area (Å²) in [4.78, 5) is 11.9. The van der Waals surface area contributed by atoms with Gasteiger partial charge in [0.1, 0.15) is 35.6 Å². The van der Waals surface area contributed by atoms with Crippen LogP contribution in [0.4, 0.5) is 0 Å². The highest BCUT2D eigenvalue weighted by Gasteiger charge is 2.65. The Morgan fingerprint density at radius 1 is 0.713 bits per heavy atom. The SMILES string of the molecule is C=CCC(/C=C/[C@@](C)(O)[C@H]1O[C@@H]2C[C@@H]3O[C@@H]4C[C@@H]5O[C@@H]6C[C@@H]7O[C@@H]8C[C@@H]9O[C@@H]%10C[C@@H]%11O[C@](C)(CCOS(=O)(=O)O)[C@@H](OS(=O)(=O)O)C[C@H]%11O[C@H]%10C[C@H]9O[C@H]8CC[C@@]7(C)O[C@@]6(C)CC[C@H](C)[C@H]5O[C@H]4[C@@H](O)[C@@]3(C)O[C@H]2CC1=C)C(=O)O. The Morgan fingerprint density at radius 3 is 1.91 bits per heavy atom. The quantitative estimate of drug-likeness (QED) is 0.135. The molecule has 5 N–H and O–H groups in total. The van der Waals surface area contributed by atoms with E-state index in [0.29, 0.717) is 69.8 Å². The number of aliphatic hydroxyl groups is 2. The van der Waals surface area contributed by atoms with Crippen molar-refractivity contribution in [2.45, 2.75) is 282 Å². The van der Waals surface area contributed by atoms with Gasteiger partial charge in [0.25, 0.3) is 0 Å². The predicted molar refractivity (Wildman–Crippen MR) is 278 cm³/mol. The van der Waals surface area contributed by atoms with Gasteiger partial charge in [0.15, 0.2) is 0 Å². The molecule has 0 aromatic heterocycles. The van der Waals surface area contributed by atoms with E-state index in [-0.39, 0.29) is 67.9 Å². The standard InChI is InChI=1S/C55H82O23S2/c1-9-10-29(50(57)58)12-14-51(4,59)49-28(3)19-38-37(73-49)25-45-55(8,76-38)48(56)47-41(72-45)23-40-46(74-47)27(2)11-15-53(6)43(71-40)26-42-54(7,78-53)16-13-30-31(70-42)20-33-32(67-30)21-34-35(68-33)22-39-36(69-34)24-44(77-80(63,64)65)52(5,75-39)17-18-66-79(60,61)62/h9,12,14,27,29-49,56,59H,1,3,10-11,13,15-26H2,2,4-8H3,(H,57,58)(H,60,61,62)(H,63,64,65)/b14-12+/t27-,29?,30-,31+,32+,33-,34-,35+,36+,37+,38-,39-,40-,41+,42-,43+,44-,45-,46+,47+,48+,49-,51+,52+,53-,54+,55-/m0/s1. The Bertz CT molecular complexity index is 2600. The van der Waals surface area contributed by atoms with Gasteiger partial charge in [0.05, 0.1) is 127 Å². The first-order valence-electron chi connectivity index (χ1n) is 28.6. The topological polar surface area (TPSA) is 306 Å². The smallest absolute Gasteiger partial charge is 0.397 e. The van der Waals surface area contributed by atoms with Gasteiger partial charge in [-0.15, -0.1) is 6.58 Å². The van der Waals surface area contributed by atoms with Crippen molar-refractivity contribution in [1.29, 1.82) is 0 Å². The average molecular weight is 1180 g/mol.